The Labute approximate surface area is 185 Å². The molecule has 2 N–H and O–H groups in total. The zero-order valence-electron chi connectivity index (χ0n) is 19.1. The largest absolute Gasteiger partial charge is 0.444 e. The maximum Gasteiger partial charge on any atom is 0.410 e. The Morgan fingerprint density at radius 1 is 1.19 bits per heavy atom. The molecule has 0 aliphatic carbocycles. The second kappa shape index (κ2) is 10.0. The number of aliphatic imine (C=N–C) groups is 1. The number of nitrogens with one attached hydrogen (secondary N) is 2. The molecule has 31 heavy (non-hydrogen) atoms. The van der Waals surface area contributed by atoms with Crippen LogP contribution in [-0.2, 0) is 22.6 Å². The maximum absolute atomic E-state index is 12.1. The molecule has 2 amide bonds. The Kier molecular flexibility index (Phi) is 7.41. The lowest BCUT2D eigenvalue weighted by Crippen LogP contribution is -2.63. The first-order valence-corrected chi connectivity index (χ1v) is 11.1. The van der Waals surface area contributed by atoms with Crippen LogP contribution >= 0.6 is 0 Å². The minimum Gasteiger partial charge on any atom is -0.444 e. The monoisotopic (exact) mass is 429 g/mol. The normalized spacial score (nSPS) is 17.5. The molecule has 2 heterocycles. The molecule has 0 radical (unpaired) electrons. The molecule has 0 atom stereocenters. The second-order valence-corrected chi connectivity index (χ2v) is 9.16. The molecule has 170 valence electrons. The molecule has 1 aromatic rings. The Hall–Kier alpha value is -2.77. The van der Waals surface area contributed by atoms with Crippen LogP contribution in [-0.4, -0.2) is 65.6 Å². The molecule has 0 saturated carbocycles. The van der Waals surface area contributed by atoms with Gasteiger partial charge in [0, 0.05) is 39.1 Å². The van der Waals surface area contributed by atoms with Crippen molar-refractivity contribution < 1.29 is 14.3 Å². The van der Waals surface area contributed by atoms with Gasteiger partial charge in [-0.1, -0.05) is 24.3 Å². The van der Waals surface area contributed by atoms with Gasteiger partial charge >= 0.3 is 6.09 Å². The van der Waals surface area contributed by atoms with Gasteiger partial charge < -0.3 is 25.2 Å². The summed E-state index contributed by atoms with van der Waals surface area (Å²) in [5.41, 5.74) is 1.77. The molecule has 8 heteroatoms. The number of nitrogens with zero attached hydrogens (tertiary/aromatic N) is 3. The third-order valence-electron chi connectivity index (χ3n) is 5.21. The molecule has 0 unspecified atom stereocenters. The molecule has 0 spiro atoms. The van der Waals surface area contributed by atoms with Crippen LogP contribution in [0, 0.1) is 0 Å². The van der Waals surface area contributed by atoms with Gasteiger partial charge in [-0.25, -0.2) is 9.79 Å². The number of carbonyl (C=O) groups excluding carboxylic acids is 2. The zero-order chi connectivity index (χ0) is 22.4. The number of carbonyl (C=O) groups is 2. The average molecular weight is 430 g/mol. The van der Waals surface area contributed by atoms with Crippen LogP contribution < -0.4 is 10.6 Å². The van der Waals surface area contributed by atoms with Crippen LogP contribution in [0.25, 0.3) is 0 Å². The van der Waals surface area contributed by atoms with Crippen molar-refractivity contribution >= 4 is 18.0 Å². The summed E-state index contributed by atoms with van der Waals surface area (Å²) < 4.78 is 5.40. The van der Waals surface area contributed by atoms with Gasteiger partial charge in [-0.3, -0.25) is 4.79 Å². The summed E-state index contributed by atoms with van der Waals surface area (Å²) in [6.07, 6.45) is 1.36. The Bertz CT molecular complexity index is 794. The average Bonchev–Trinajstić information content (AvgIpc) is 3.06. The molecule has 8 nitrogen and oxygen atoms in total. The van der Waals surface area contributed by atoms with Crippen molar-refractivity contribution in [1.29, 1.82) is 0 Å². The topological polar surface area (TPSA) is 86.3 Å². The molecular formula is C23H35N5O3. The van der Waals surface area contributed by atoms with Crippen LogP contribution in [0.3, 0.4) is 0 Å². The minimum absolute atomic E-state index is 0.158. The van der Waals surface area contributed by atoms with Crippen LogP contribution in [0.15, 0.2) is 29.3 Å². The van der Waals surface area contributed by atoms with Gasteiger partial charge in [0.05, 0.1) is 12.6 Å². The van der Waals surface area contributed by atoms with Gasteiger partial charge in [-0.2, -0.15) is 0 Å². The standard InChI is InChI=1S/C23H35N5O3/c1-5-24-21(26-19-15-28(16-19)22(30)31-23(2,3)4)25-13-17-8-10-18(11-9-17)14-27-12-6-7-20(27)29/h8-11,19H,5-7,12-16H2,1-4H3,(H2,24,25,26). The van der Waals surface area contributed by atoms with Gasteiger partial charge in [-0.15, -0.1) is 0 Å². The summed E-state index contributed by atoms with van der Waals surface area (Å²) in [5, 5.41) is 6.64. The molecule has 3 rings (SSSR count). The molecule has 1 aromatic carbocycles. The predicted molar refractivity (Wildman–Crippen MR) is 121 cm³/mol. The van der Waals surface area contributed by atoms with Crippen LogP contribution in [0.2, 0.25) is 0 Å². The summed E-state index contributed by atoms with van der Waals surface area (Å²) >= 11 is 0. The van der Waals surface area contributed by atoms with Gasteiger partial charge in [0.25, 0.3) is 0 Å². The fourth-order valence-corrected chi connectivity index (χ4v) is 3.57. The van der Waals surface area contributed by atoms with Crippen molar-refractivity contribution in [2.24, 2.45) is 4.99 Å². The van der Waals surface area contributed by atoms with Gasteiger partial charge in [0.15, 0.2) is 5.96 Å². The van der Waals surface area contributed by atoms with Crippen LogP contribution in [0.4, 0.5) is 4.79 Å². The zero-order valence-corrected chi connectivity index (χ0v) is 19.1. The lowest BCUT2D eigenvalue weighted by atomic mass is 10.1. The number of amides is 2. The summed E-state index contributed by atoms with van der Waals surface area (Å²) in [4.78, 5) is 32.1. The van der Waals surface area contributed by atoms with Gasteiger partial charge in [-0.05, 0) is 45.2 Å². The Balaban J connectivity index is 1.47. The third kappa shape index (κ3) is 6.87. The minimum atomic E-state index is -0.481. The van der Waals surface area contributed by atoms with Crippen molar-refractivity contribution in [3.05, 3.63) is 35.4 Å². The first kappa shape index (κ1) is 22.9. The summed E-state index contributed by atoms with van der Waals surface area (Å²) in [6, 6.07) is 8.43. The van der Waals surface area contributed by atoms with Crippen molar-refractivity contribution in [1.82, 2.24) is 20.4 Å². The van der Waals surface area contributed by atoms with E-state index >= 15 is 0 Å². The molecule has 2 aliphatic rings. The number of ether oxygens (including phenoxy) is 1. The lowest BCUT2D eigenvalue weighted by molar-refractivity contribution is -0.128. The van der Waals surface area contributed by atoms with E-state index in [-0.39, 0.29) is 18.0 Å². The Morgan fingerprint density at radius 3 is 2.45 bits per heavy atom. The number of rotatable bonds is 6. The molecule has 2 saturated heterocycles. The SMILES string of the molecule is CCNC(=NCc1ccc(CN2CCCC2=O)cc1)NC1CN(C(=O)OC(C)(C)C)C1. The van der Waals surface area contributed by atoms with Crippen molar-refractivity contribution in [2.75, 3.05) is 26.2 Å². The fourth-order valence-electron chi connectivity index (χ4n) is 3.57. The fraction of sp³-hybridized carbons (Fsp3) is 0.609. The smallest absolute Gasteiger partial charge is 0.410 e. The quantitative estimate of drug-likeness (QED) is 0.536. The second-order valence-electron chi connectivity index (χ2n) is 9.16. The molecule has 0 aromatic heterocycles. The van der Waals surface area contributed by atoms with Crippen molar-refractivity contribution in [2.45, 2.75) is 65.3 Å². The summed E-state index contributed by atoms with van der Waals surface area (Å²) in [6.45, 7) is 11.7. The lowest BCUT2D eigenvalue weighted by Gasteiger charge is -2.40. The van der Waals surface area contributed by atoms with Crippen molar-refractivity contribution in [3.63, 3.8) is 0 Å². The highest BCUT2D eigenvalue weighted by atomic mass is 16.6. The number of hydrogen-bond acceptors (Lipinski definition) is 4. The van der Waals surface area contributed by atoms with Crippen LogP contribution in [0.1, 0.15) is 51.7 Å². The van der Waals surface area contributed by atoms with E-state index in [1.807, 2.05) is 32.6 Å². The molecule has 2 fully saturated rings. The number of guanidine groups is 1. The van der Waals surface area contributed by atoms with Gasteiger partial charge in [0.1, 0.15) is 5.60 Å². The first-order valence-electron chi connectivity index (χ1n) is 11.1. The van der Waals surface area contributed by atoms with Crippen LogP contribution in [0.5, 0.6) is 0 Å². The summed E-state index contributed by atoms with van der Waals surface area (Å²) in [7, 11) is 0. The van der Waals surface area contributed by atoms with E-state index in [9.17, 15) is 9.59 Å². The number of likely N-dealkylation sites (tertiary alicyclic amines) is 2. The molecule has 0 bridgehead atoms. The van der Waals surface area contributed by atoms with E-state index in [0.29, 0.717) is 32.6 Å². The van der Waals surface area contributed by atoms with Crippen molar-refractivity contribution in [3.8, 4) is 0 Å². The molecular weight excluding hydrogens is 394 g/mol. The highest BCUT2D eigenvalue weighted by Crippen LogP contribution is 2.16. The van der Waals surface area contributed by atoms with E-state index in [2.05, 4.69) is 39.9 Å². The van der Waals surface area contributed by atoms with E-state index in [4.69, 9.17) is 4.74 Å². The predicted octanol–water partition coefficient (Wildman–Crippen LogP) is 2.48. The van der Waals surface area contributed by atoms with Gasteiger partial charge in [0.2, 0.25) is 5.91 Å². The number of hydrogen-bond donors (Lipinski definition) is 2. The Morgan fingerprint density at radius 2 is 1.87 bits per heavy atom. The highest BCUT2D eigenvalue weighted by Gasteiger charge is 2.34. The summed E-state index contributed by atoms with van der Waals surface area (Å²) in [5.74, 6) is 0.986. The van der Waals surface area contributed by atoms with E-state index in [1.165, 1.54) is 0 Å². The maximum atomic E-state index is 12.1. The number of benzene rings is 1. The highest BCUT2D eigenvalue weighted by molar-refractivity contribution is 5.80. The van der Waals surface area contributed by atoms with E-state index < -0.39 is 5.60 Å². The first-order chi connectivity index (χ1) is 14.7. The van der Waals surface area contributed by atoms with E-state index in [0.717, 1.165) is 36.6 Å². The molecule has 2 aliphatic heterocycles. The third-order valence-corrected chi connectivity index (χ3v) is 5.21. The van der Waals surface area contributed by atoms with E-state index in [1.54, 1.807) is 4.90 Å².